The predicted molar refractivity (Wildman–Crippen MR) is 174 cm³/mol. The van der Waals surface area contributed by atoms with Crippen LogP contribution in [0, 0.1) is 13.8 Å². The van der Waals surface area contributed by atoms with Gasteiger partial charge in [-0.2, -0.15) is 0 Å². The first-order chi connectivity index (χ1) is 21.0. The first-order valence-corrected chi connectivity index (χ1v) is 14.9. The highest BCUT2D eigenvalue weighted by atomic mass is 16.5. The Hall–Kier alpha value is -4.95. The minimum atomic E-state index is 0.351. The molecule has 214 valence electrons. The number of benzene rings is 3. The molecule has 8 heteroatoms. The molecule has 2 saturated heterocycles. The molecule has 0 amide bonds. The van der Waals surface area contributed by atoms with Crippen LogP contribution in [0.5, 0.6) is 0 Å². The average Bonchev–Trinajstić information content (AvgIpc) is 3.59. The fraction of sp³-hybridized carbons (Fsp3) is 0.229. The van der Waals surface area contributed by atoms with Gasteiger partial charge >= 0.3 is 0 Å². The number of hydrogen-bond donors (Lipinski definition) is 3. The summed E-state index contributed by atoms with van der Waals surface area (Å²) in [5.41, 5.74) is 11.2. The Morgan fingerprint density at radius 3 is 2.35 bits per heavy atom. The molecular weight excluding hydrogens is 534 g/mol. The van der Waals surface area contributed by atoms with E-state index in [0.29, 0.717) is 12.2 Å². The lowest BCUT2D eigenvalue weighted by Crippen LogP contribution is -2.42. The van der Waals surface area contributed by atoms with Gasteiger partial charge in [-0.25, -0.2) is 4.98 Å². The van der Waals surface area contributed by atoms with E-state index in [-0.39, 0.29) is 0 Å². The highest BCUT2D eigenvalue weighted by molar-refractivity contribution is 5.95. The molecule has 0 aliphatic carbocycles. The van der Waals surface area contributed by atoms with Gasteiger partial charge in [-0.15, -0.1) is 0 Å². The summed E-state index contributed by atoms with van der Waals surface area (Å²) in [4.78, 5) is 19.9. The van der Waals surface area contributed by atoms with E-state index in [4.69, 9.17) is 14.7 Å². The van der Waals surface area contributed by atoms with Gasteiger partial charge < -0.3 is 25.3 Å². The zero-order valence-corrected chi connectivity index (χ0v) is 24.3. The zero-order valence-electron chi connectivity index (χ0n) is 24.3. The number of aromatic nitrogens is 4. The van der Waals surface area contributed by atoms with Gasteiger partial charge in [0, 0.05) is 70.1 Å². The highest BCUT2D eigenvalue weighted by Gasteiger charge is 2.33. The van der Waals surface area contributed by atoms with Crippen molar-refractivity contribution in [1.82, 2.24) is 19.9 Å². The van der Waals surface area contributed by atoms with E-state index in [0.717, 1.165) is 93.4 Å². The zero-order chi connectivity index (χ0) is 28.9. The van der Waals surface area contributed by atoms with Gasteiger partial charge in [0.15, 0.2) is 0 Å². The van der Waals surface area contributed by atoms with Gasteiger partial charge in [-0.05, 0) is 106 Å². The quantitative estimate of drug-likeness (QED) is 0.190. The smallest absolute Gasteiger partial charge is 0.138 e. The second kappa shape index (κ2) is 10.4. The summed E-state index contributed by atoms with van der Waals surface area (Å²) in [6.07, 6.45) is 4.84. The third kappa shape index (κ3) is 5.15. The molecule has 0 saturated carbocycles. The van der Waals surface area contributed by atoms with Crippen LogP contribution in [0.15, 0.2) is 85.1 Å². The van der Waals surface area contributed by atoms with Crippen molar-refractivity contribution >= 4 is 50.4 Å². The van der Waals surface area contributed by atoms with Gasteiger partial charge in [0.05, 0.1) is 28.8 Å². The number of H-pyrrole nitrogens is 1. The van der Waals surface area contributed by atoms with Crippen LogP contribution in [-0.2, 0) is 4.74 Å². The monoisotopic (exact) mass is 567 g/mol. The summed E-state index contributed by atoms with van der Waals surface area (Å²) in [5, 5.41) is 8.23. The average molecular weight is 568 g/mol. The Bertz CT molecular complexity index is 1950. The maximum atomic E-state index is 6.07. The fourth-order valence-corrected chi connectivity index (χ4v) is 6.35. The molecule has 2 fully saturated rings. The minimum absolute atomic E-state index is 0.351. The van der Waals surface area contributed by atoms with Crippen molar-refractivity contribution in [2.75, 3.05) is 28.6 Å². The Balaban J connectivity index is 1.03. The normalized spacial score (nSPS) is 18.0. The van der Waals surface area contributed by atoms with Gasteiger partial charge in [0.25, 0.3) is 0 Å². The van der Waals surface area contributed by atoms with Gasteiger partial charge in [0.2, 0.25) is 0 Å². The van der Waals surface area contributed by atoms with E-state index < -0.39 is 0 Å². The number of nitrogens with zero attached hydrogens (tertiary/aromatic N) is 4. The molecule has 3 N–H and O–H groups in total. The molecule has 3 aromatic carbocycles. The summed E-state index contributed by atoms with van der Waals surface area (Å²) in [7, 11) is 0. The summed E-state index contributed by atoms with van der Waals surface area (Å²) in [6, 6.07) is 27.3. The van der Waals surface area contributed by atoms with Crippen LogP contribution in [0.4, 0.5) is 28.4 Å². The molecule has 2 aliphatic heterocycles. The standard InChI is InChI=1S/C35H33N7O/c1-21-15-26(13-14-36-21)38-25-7-11-32-34(17-25)41-35(40-32)23-3-5-24(6-4-23)39-33-16-22(2)37-31-12-8-27(18-30(31)33)42-19-28-9-10-29(20-42)43-28/h3-8,11-18,28-29H,9-10,19-20H2,1-2H3,(H,36,38)(H,37,39)(H,40,41)/t28-,29+. The summed E-state index contributed by atoms with van der Waals surface area (Å²) in [6.45, 7) is 5.94. The number of aryl methyl sites for hydroxylation is 2. The van der Waals surface area contributed by atoms with E-state index in [1.807, 2.05) is 32.2 Å². The number of ether oxygens (including phenoxy) is 1. The van der Waals surface area contributed by atoms with Crippen LogP contribution in [0.2, 0.25) is 0 Å². The van der Waals surface area contributed by atoms with Crippen LogP contribution in [-0.4, -0.2) is 45.2 Å². The number of imidazole rings is 1. The van der Waals surface area contributed by atoms with Crippen molar-refractivity contribution in [1.29, 1.82) is 0 Å². The molecule has 8 rings (SSSR count). The number of rotatable bonds is 6. The molecule has 0 spiro atoms. The molecule has 2 aliphatic rings. The van der Waals surface area contributed by atoms with Crippen LogP contribution in [0.3, 0.4) is 0 Å². The molecule has 5 heterocycles. The molecule has 2 atom stereocenters. The summed E-state index contributed by atoms with van der Waals surface area (Å²) >= 11 is 0. The number of hydrogen-bond acceptors (Lipinski definition) is 7. The molecule has 0 unspecified atom stereocenters. The number of morpholine rings is 1. The molecule has 0 radical (unpaired) electrons. The number of fused-ring (bicyclic) bond motifs is 4. The van der Waals surface area contributed by atoms with Crippen molar-refractivity contribution in [2.24, 2.45) is 0 Å². The summed E-state index contributed by atoms with van der Waals surface area (Å²) in [5.74, 6) is 0.841. The minimum Gasteiger partial charge on any atom is -0.371 e. The lowest BCUT2D eigenvalue weighted by molar-refractivity contribution is 0.0305. The second-order valence-corrected chi connectivity index (χ2v) is 11.7. The number of aromatic amines is 1. The topological polar surface area (TPSA) is 91.0 Å². The van der Waals surface area contributed by atoms with Crippen molar-refractivity contribution < 1.29 is 4.74 Å². The molecular formula is C35H33N7O. The SMILES string of the molecule is Cc1cc(Nc2ccc3[nH]c(-c4ccc(Nc5cc(C)nc6ccc(N7C[C@H]8CC[C@@H](C7)O8)cc56)cc4)nc3c2)ccn1. The largest absolute Gasteiger partial charge is 0.371 e. The Morgan fingerprint density at radius 2 is 1.53 bits per heavy atom. The molecule has 2 bridgehead atoms. The molecule has 43 heavy (non-hydrogen) atoms. The number of nitrogens with one attached hydrogen (secondary N) is 3. The van der Waals surface area contributed by atoms with Crippen LogP contribution >= 0.6 is 0 Å². The molecule has 3 aromatic heterocycles. The van der Waals surface area contributed by atoms with Crippen LogP contribution < -0.4 is 15.5 Å². The lowest BCUT2D eigenvalue weighted by atomic mass is 10.1. The Morgan fingerprint density at radius 1 is 0.744 bits per heavy atom. The van der Waals surface area contributed by atoms with Crippen molar-refractivity contribution in [3.63, 3.8) is 0 Å². The van der Waals surface area contributed by atoms with Gasteiger partial charge in [-0.1, -0.05) is 0 Å². The molecule has 8 nitrogen and oxygen atoms in total. The van der Waals surface area contributed by atoms with E-state index in [1.54, 1.807) is 0 Å². The second-order valence-electron chi connectivity index (χ2n) is 11.7. The van der Waals surface area contributed by atoms with Crippen LogP contribution in [0.1, 0.15) is 24.2 Å². The van der Waals surface area contributed by atoms with E-state index in [2.05, 4.69) is 92.2 Å². The Labute approximate surface area is 250 Å². The lowest BCUT2D eigenvalue weighted by Gasteiger charge is -2.34. The van der Waals surface area contributed by atoms with Crippen LogP contribution in [0.25, 0.3) is 33.3 Å². The summed E-state index contributed by atoms with van der Waals surface area (Å²) < 4.78 is 6.07. The van der Waals surface area contributed by atoms with Gasteiger partial charge in [-0.3, -0.25) is 9.97 Å². The first kappa shape index (κ1) is 25.7. The maximum absolute atomic E-state index is 6.07. The third-order valence-electron chi connectivity index (χ3n) is 8.43. The predicted octanol–water partition coefficient (Wildman–Crippen LogP) is 7.64. The fourth-order valence-electron chi connectivity index (χ4n) is 6.35. The highest BCUT2D eigenvalue weighted by Crippen LogP contribution is 2.34. The van der Waals surface area contributed by atoms with E-state index in [1.165, 1.54) is 5.69 Å². The van der Waals surface area contributed by atoms with E-state index in [9.17, 15) is 0 Å². The Kier molecular flexibility index (Phi) is 6.22. The molecule has 6 aromatic rings. The van der Waals surface area contributed by atoms with Crippen molar-refractivity contribution in [2.45, 2.75) is 38.9 Å². The van der Waals surface area contributed by atoms with Crippen molar-refractivity contribution in [3.8, 4) is 11.4 Å². The maximum Gasteiger partial charge on any atom is 0.138 e. The van der Waals surface area contributed by atoms with E-state index >= 15 is 0 Å². The first-order valence-electron chi connectivity index (χ1n) is 14.9. The van der Waals surface area contributed by atoms with Gasteiger partial charge in [0.1, 0.15) is 5.82 Å². The van der Waals surface area contributed by atoms with Crippen molar-refractivity contribution in [3.05, 3.63) is 96.4 Å². The number of pyridine rings is 2. The third-order valence-corrected chi connectivity index (χ3v) is 8.43. The number of anilines is 5.